The maximum atomic E-state index is 12.4. The van der Waals surface area contributed by atoms with Crippen LogP contribution in [0.3, 0.4) is 0 Å². The summed E-state index contributed by atoms with van der Waals surface area (Å²) in [5.41, 5.74) is 0.716. The molecule has 0 unspecified atom stereocenters. The highest BCUT2D eigenvalue weighted by molar-refractivity contribution is 7.99. The molecular formula is C21H24N2O8S. The van der Waals surface area contributed by atoms with Crippen LogP contribution in [0.25, 0.3) is 0 Å². The zero-order chi connectivity index (χ0) is 23.3. The molecule has 0 spiro atoms. The fourth-order valence-corrected chi connectivity index (χ4v) is 4.26. The van der Waals surface area contributed by atoms with E-state index in [0.29, 0.717) is 5.56 Å². The molecule has 3 rings (SSSR count). The number of carbonyl (C=O) groups excluding carboxylic acids is 1. The standard InChI is InChI=1S/C21H24N2O8S/c1-12-2-8-15(9-3-12)32-20-17(19(26)18(25)16(10-24)31-20)22-21(27)30-11-13-4-6-14(7-5-13)23(28)29/h2-9,16-20,24-26H,10-11H2,1H3,(H,22,27)/t16-,17-,18-,19-,20+/m1/s1. The summed E-state index contributed by atoms with van der Waals surface area (Å²) in [4.78, 5) is 23.4. The van der Waals surface area contributed by atoms with Crippen LogP contribution in [-0.4, -0.2) is 62.7 Å². The van der Waals surface area contributed by atoms with Gasteiger partial charge in [-0.1, -0.05) is 29.5 Å². The summed E-state index contributed by atoms with van der Waals surface area (Å²) in [5, 5.41) is 43.5. The number of aliphatic hydroxyl groups is 3. The van der Waals surface area contributed by atoms with Gasteiger partial charge in [0.1, 0.15) is 30.4 Å². The molecule has 4 N–H and O–H groups in total. The molecule has 5 atom stereocenters. The van der Waals surface area contributed by atoms with E-state index in [1.165, 1.54) is 36.0 Å². The maximum Gasteiger partial charge on any atom is 0.407 e. The summed E-state index contributed by atoms with van der Waals surface area (Å²) in [6, 6.07) is 12.0. The Balaban J connectivity index is 1.66. The molecule has 172 valence electrons. The van der Waals surface area contributed by atoms with Gasteiger partial charge in [0.25, 0.3) is 5.69 Å². The fourth-order valence-electron chi connectivity index (χ4n) is 3.13. The van der Waals surface area contributed by atoms with Crippen LogP contribution in [0.15, 0.2) is 53.4 Å². The van der Waals surface area contributed by atoms with Crippen molar-refractivity contribution < 1.29 is 34.5 Å². The minimum absolute atomic E-state index is 0.0796. The smallest absolute Gasteiger partial charge is 0.407 e. The molecule has 0 aliphatic carbocycles. The van der Waals surface area contributed by atoms with E-state index < -0.39 is 47.4 Å². The van der Waals surface area contributed by atoms with Crippen molar-refractivity contribution in [3.05, 3.63) is 69.8 Å². The second kappa shape index (κ2) is 10.7. The number of ether oxygens (including phenoxy) is 2. The number of rotatable bonds is 7. The predicted molar refractivity (Wildman–Crippen MR) is 115 cm³/mol. The third-order valence-electron chi connectivity index (χ3n) is 4.96. The van der Waals surface area contributed by atoms with Gasteiger partial charge in [0.2, 0.25) is 0 Å². The normalized spacial score (nSPS) is 25.2. The molecule has 1 heterocycles. The van der Waals surface area contributed by atoms with Gasteiger partial charge in [-0.25, -0.2) is 4.79 Å². The Kier molecular flexibility index (Phi) is 8.04. The highest BCUT2D eigenvalue weighted by Crippen LogP contribution is 2.33. The molecule has 1 amide bonds. The number of alkyl carbamates (subject to hydrolysis) is 1. The lowest BCUT2D eigenvalue weighted by atomic mass is 9.98. The zero-order valence-electron chi connectivity index (χ0n) is 17.2. The number of nitrogens with one attached hydrogen (secondary N) is 1. The van der Waals surface area contributed by atoms with Gasteiger partial charge in [-0.3, -0.25) is 10.1 Å². The van der Waals surface area contributed by atoms with E-state index in [1.54, 1.807) is 0 Å². The number of aryl methyl sites for hydroxylation is 1. The van der Waals surface area contributed by atoms with Crippen LogP contribution in [0.1, 0.15) is 11.1 Å². The molecule has 11 heteroatoms. The molecule has 1 fully saturated rings. The number of non-ortho nitro benzene ring substituents is 1. The summed E-state index contributed by atoms with van der Waals surface area (Å²) in [6.45, 7) is 1.30. The van der Waals surface area contributed by atoms with Gasteiger partial charge < -0.3 is 30.1 Å². The van der Waals surface area contributed by atoms with Gasteiger partial charge in [0.05, 0.1) is 17.6 Å². The van der Waals surface area contributed by atoms with Crippen LogP contribution in [0.4, 0.5) is 10.5 Å². The lowest BCUT2D eigenvalue weighted by molar-refractivity contribution is -0.384. The number of nitrogens with zero attached hydrogens (tertiary/aromatic N) is 1. The number of benzene rings is 2. The second-order valence-electron chi connectivity index (χ2n) is 7.31. The fraction of sp³-hybridized carbons (Fsp3) is 0.381. The minimum atomic E-state index is -1.41. The van der Waals surface area contributed by atoms with E-state index >= 15 is 0 Å². The molecule has 2 aromatic rings. The Morgan fingerprint density at radius 3 is 2.41 bits per heavy atom. The highest BCUT2D eigenvalue weighted by Gasteiger charge is 2.45. The van der Waals surface area contributed by atoms with Crippen molar-refractivity contribution in [3.63, 3.8) is 0 Å². The third-order valence-corrected chi connectivity index (χ3v) is 6.14. The largest absolute Gasteiger partial charge is 0.445 e. The van der Waals surface area contributed by atoms with Crippen LogP contribution in [-0.2, 0) is 16.1 Å². The van der Waals surface area contributed by atoms with E-state index in [2.05, 4.69) is 5.32 Å². The first-order valence-electron chi connectivity index (χ1n) is 9.81. The number of thioether (sulfide) groups is 1. The monoisotopic (exact) mass is 464 g/mol. The molecule has 0 saturated carbocycles. The maximum absolute atomic E-state index is 12.4. The Hall–Kier alpha value is -2.70. The quantitative estimate of drug-likeness (QED) is 0.355. The molecule has 1 saturated heterocycles. The van der Waals surface area contributed by atoms with Crippen molar-refractivity contribution in [2.75, 3.05) is 6.61 Å². The number of hydrogen-bond acceptors (Lipinski definition) is 9. The lowest BCUT2D eigenvalue weighted by Crippen LogP contribution is -2.63. The first-order valence-corrected chi connectivity index (χ1v) is 10.7. The first-order chi connectivity index (χ1) is 15.3. The predicted octanol–water partition coefficient (Wildman–Crippen LogP) is 1.73. The highest BCUT2D eigenvalue weighted by atomic mass is 32.2. The van der Waals surface area contributed by atoms with E-state index in [9.17, 15) is 30.2 Å². The number of nitro benzene ring substituents is 1. The van der Waals surface area contributed by atoms with Crippen molar-refractivity contribution >= 4 is 23.5 Å². The Morgan fingerprint density at radius 1 is 1.16 bits per heavy atom. The van der Waals surface area contributed by atoms with Crippen molar-refractivity contribution in [1.82, 2.24) is 5.32 Å². The van der Waals surface area contributed by atoms with Crippen molar-refractivity contribution in [2.45, 2.75) is 48.2 Å². The number of aliphatic hydroxyl groups excluding tert-OH is 3. The molecule has 0 aromatic heterocycles. The number of hydrogen-bond donors (Lipinski definition) is 4. The van der Waals surface area contributed by atoms with Crippen LogP contribution in [0, 0.1) is 17.0 Å². The molecule has 2 aromatic carbocycles. The minimum Gasteiger partial charge on any atom is -0.445 e. The Morgan fingerprint density at radius 2 is 1.81 bits per heavy atom. The van der Waals surface area contributed by atoms with Crippen molar-refractivity contribution in [1.29, 1.82) is 0 Å². The SMILES string of the molecule is Cc1ccc(S[C@@H]2O[C@H](CO)[C@@H](O)[C@H](O)[C@H]2NC(=O)OCc2ccc([N+](=O)[O-])cc2)cc1. The molecule has 0 radical (unpaired) electrons. The van der Waals surface area contributed by atoms with E-state index in [-0.39, 0.29) is 12.3 Å². The van der Waals surface area contributed by atoms with E-state index in [1.807, 2.05) is 31.2 Å². The van der Waals surface area contributed by atoms with E-state index in [4.69, 9.17) is 9.47 Å². The molecule has 0 bridgehead atoms. The Labute approximate surface area is 188 Å². The molecule has 10 nitrogen and oxygen atoms in total. The molecule has 1 aliphatic heterocycles. The average molecular weight is 464 g/mol. The topological polar surface area (TPSA) is 151 Å². The Bertz CT molecular complexity index is 924. The van der Waals surface area contributed by atoms with Crippen molar-refractivity contribution in [3.8, 4) is 0 Å². The van der Waals surface area contributed by atoms with Gasteiger partial charge in [-0.15, -0.1) is 0 Å². The van der Waals surface area contributed by atoms with Gasteiger partial charge in [0.15, 0.2) is 0 Å². The number of amides is 1. The summed E-state index contributed by atoms with van der Waals surface area (Å²) in [5.74, 6) is 0. The van der Waals surface area contributed by atoms with Crippen LogP contribution in [0.5, 0.6) is 0 Å². The molecule has 1 aliphatic rings. The first kappa shape index (κ1) is 24.0. The average Bonchev–Trinajstić information content (AvgIpc) is 2.79. The molecular weight excluding hydrogens is 440 g/mol. The summed E-state index contributed by atoms with van der Waals surface area (Å²) < 4.78 is 10.9. The van der Waals surface area contributed by atoms with Gasteiger partial charge >= 0.3 is 6.09 Å². The van der Waals surface area contributed by atoms with Gasteiger partial charge in [-0.05, 0) is 36.8 Å². The number of carbonyl (C=O) groups is 1. The third kappa shape index (κ3) is 5.96. The number of nitro groups is 1. The van der Waals surface area contributed by atoms with Crippen LogP contribution < -0.4 is 5.32 Å². The zero-order valence-corrected chi connectivity index (χ0v) is 18.0. The van der Waals surface area contributed by atoms with Gasteiger partial charge in [0, 0.05) is 17.0 Å². The summed E-state index contributed by atoms with van der Waals surface area (Å²) >= 11 is 1.23. The summed E-state index contributed by atoms with van der Waals surface area (Å²) in [6.07, 6.45) is -4.69. The summed E-state index contributed by atoms with van der Waals surface area (Å²) in [7, 11) is 0. The lowest BCUT2D eigenvalue weighted by Gasteiger charge is -2.42. The van der Waals surface area contributed by atoms with Crippen LogP contribution >= 0.6 is 11.8 Å². The second-order valence-corrected chi connectivity index (χ2v) is 8.48. The van der Waals surface area contributed by atoms with E-state index in [0.717, 1.165) is 10.5 Å². The van der Waals surface area contributed by atoms with Crippen LogP contribution in [0.2, 0.25) is 0 Å². The molecule has 32 heavy (non-hydrogen) atoms. The van der Waals surface area contributed by atoms with Gasteiger partial charge in [-0.2, -0.15) is 0 Å². The van der Waals surface area contributed by atoms with Crippen molar-refractivity contribution in [2.24, 2.45) is 0 Å².